The summed E-state index contributed by atoms with van der Waals surface area (Å²) in [6.45, 7) is 3.99. The largest absolute Gasteiger partial charge is 0.417 e. The van der Waals surface area contributed by atoms with Crippen molar-refractivity contribution in [2.24, 2.45) is 0 Å². The molecule has 0 unspecified atom stereocenters. The highest BCUT2D eigenvalue weighted by Crippen LogP contribution is 2.10. The average molecular weight is 284 g/mol. The molecule has 0 radical (unpaired) electrons. The van der Waals surface area contributed by atoms with Crippen molar-refractivity contribution in [2.45, 2.75) is 6.42 Å². The van der Waals surface area contributed by atoms with Gasteiger partial charge in [0.2, 0.25) is 0 Å². The van der Waals surface area contributed by atoms with Gasteiger partial charge in [0.1, 0.15) is 0 Å². The summed E-state index contributed by atoms with van der Waals surface area (Å²) in [5, 5.41) is 0.805. The average Bonchev–Trinajstić information content (AvgIpc) is 2.61. The molecule has 104 valence electrons. The van der Waals surface area contributed by atoms with E-state index in [-0.39, 0.29) is 18.2 Å². The summed E-state index contributed by atoms with van der Waals surface area (Å²) in [5.41, 5.74) is 1.70. The molecule has 1 aromatic rings. The zero-order valence-electron chi connectivity index (χ0n) is 10.9. The van der Waals surface area contributed by atoms with E-state index in [0.717, 1.165) is 43.6 Å². The van der Waals surface area contributed by atoms with Crippen molar-refractivity contribution >= 4 is 24.2 Å². The van der Waals surface area contributed by atoms with Crippen LogP contribution in [0.3, 0.4) is 0 Å². The number of hydrogen-bond donors (Lipinski definition) is 1. The maximum atomic E-state index is 11.3. The summed E-state index contributed by atoms with van der Waals surface area (Å²) in [6.07, 6.45) is 6.96. The molecular formula is C13H18ClN3O2. The molecule has 0 atom stereocenters. The number of rotatable bonds is 1. The number of H-pyrrole nitrogens is 1. The van der Waals surface area contributed by atoms with Gasteiger partial charge in [0, 0.05) is 26.2 Å². The topological polar surface area (TPSA) is 52.5 Å². The SMILES string of the molecule is CN1CCN(C2=c3oc(=O)[nH]c3=CCC=C2)CC1.Cl. The molecule has 19 heavy (non-hydrogen) atoms. The summed E-state index contributed by atoms with van der Waals surface area (Å²) in [6, 6.07) is 0. The molecule has 0 spiro atoms. The fourth-order valence-electron chi connectivity index (χ4n) is 2.41. The molecule has 1 fully saturated rings. The van der Waals surface area contributed by atoms with Crippen LogP contribution in [0.5, 0.6) is 0 Å². The predicted molar refractivity (Wildman–Crippen MR) is 76.5 cm³/mol. The highest BCUT2D eigenvalue weighted by Gasteiger charge is 2.17. The van der Waals surface area contributed by atoms with Gasteiger partial charge in [-0.1, -0.05) is 12.2 Å². The molecule has 2 heterocycles. The molecule has 0 bridgehead atoms. The van der Waals surface area contributed by atoms with Crippen LogP contribution < -0.4 is 16.5 Å². The smallest absolute Gasteiger partial charge is 0.406 e. The van der Waals surface area contributed by atoms with E-state index in [1.807, 2.05) is 6.08 Å². The van der Waals surface area contributed by atoms with Crippen LogP contribution >= 0.6 is 12.4 Å². The third-order valence-corrected chi connectivity index (χ3v) is 3.49. The van der Waals surface area contributed by atoms with Crippen LogP contribution in [0.15, 0.2) is 21.4 Å². The van der Waals surface area contributed by atoms with Gasteiger partial charge in [0.15, 0.2) is 5.42 Å². The van der Waals surface area contributed by atoms with Crippen molar-refractivity contribution in [1.82, 2.24) is 14.8 Å². The van der Waals surface area contributed by atoms with E-state index in [1.165, 1.54) is 0 Å². The second-order valence-electron chi connectivity index (χ2n) is 4.78. The van der Waals surface area contributed by atoms with E-state index >= 15 is 0 Å². The number of likely N-dealkylation sites (N-methyl/N-ethyl adjacent to an activating group) is 1. The Balaban J connectivity index is 0.00000133. The first-order chi connectivity index (χ1) is 8.74. The lowest BCUT2D eigenvalue weighted by molar-refractivity contribution is 0.205. The lowest BCUT2D eigenvalue weighted by atomic mass is 10.2. The van der Waals surface area contributed by atoms with Crippen molar-refractivity contribution in [3.8, 4) is 0 Å². The standard InChI is InChI=1S/C13H17N3O2.ClH/c1-15-6-8-16(9-7-15)11-5-3-2-4-10-12(11)18-13(17)14-10;/h3-5H,2,6-9H2,1H3,(H,14,17);1H. The molecule has 3 rings (SSSR count). The highest BCUT2D eigenvalue weighted by atomic mass is 35.5. The number of allylic oxidation sites excluding steroid dienone is 1. The number of aromatic amines is 1. The lowest BCUT2D eigenvalue weighted by Gasteiger charge is -2.34. The molecule has 1 aliphatic carbocycles. The van der Waals surface area contributed by atoms with Gasteiger partial charge in [-0.25, -0.2) is 4.79 Å². The van der Waals surface area contributed by atoms with Crippen LogP contribution in [-0.4, -0.2) is 48.0 Å². The van der Waals surface area contributed by atoms with E-state index in [0.29, 0.717) is 5.42 Å². The van der Waals surface area contributed by atoms with Crippen molar-refractivity contribution in [3.05, 3.63) is 33.5 Å². The molecule has 2 aliphatic rings. The van der Waals surface area contributed by atoms with Crippen molar-refractivity contribution in [2.75, 3.05) is 33.2 Å². The van der Waals surface area contributed by atoms with Gasteiger partial charge in [-0.2, -0.15) is 0 Å². The molecule has 1 aromatic heterocycles. The van der Waals surface area contributed by atoms with Crippen LogP contribution in [0.4, 0.5) is 0 Å². The molecular weight excluding hydrogens is 266 g/mol. The minimum Gasteiger partial charge on any atom is -0.406 e. The number of hydrogen-bond acceptors (Lipinski definition) is 4. The van der Waals surface area contributed by atoms with Gasteiger partial charge in [0.05, 0.1) is 11.0 Å². The number of fused-ring (bicyclic) bond motifs is 1. The van der Waals surface area contributed by atoms with Gasteiger partial charge >= 0.3 is 5.76 Å². The van der Waals surface area contributed by atoms with Gasteiger partial charge in [0.25, 0.3) is 0 Å². The van der Waals surface area contributed by atoms with Crippen LogP contribution in [-0.2, 0) is 0 Å². The zero-order chi connectivity index (χ0) is 12.5. The molecule has 0 saturated carbocycles. The molecule has 6 heteroatoms. The van der Waals surface area contributed by atoms with Crippen molar-refractivity contribution in [3.63, 3.8) is 0 Å². The number of halogens is 1. The third-order valence-electron chi connectivity index (χ3n) is 3.49. The van der Waals surface area contributed by atoms with Crippen LogP contribution in [0.2, 0.25) is 0 Å². The number of piperazine rings is 1. The Morgan fingerprint density at radius 2 is 2.00 bits per heavy atom. The summed E-state index contributed by atoms with van der Waals surface area (Å²) in [5.74, 6) is -0.377. The fraction of sp³-hybridized carbons (Fsp3) is 0.462. The summed E-state index contributed by atoms with van der Waals surface area (Å²) >= 11 is 0. The summed E-state index contributed by atoms with van der Waals surface area (Å²) in [4.78, 5) is 18.7. The fourth-order valence-corrected chi connectivity index (χ4v) is 2.41. The Morgan fingerprint density at radius 1 is 1.26 bits per heavy atom. The molecule has 5 nitrogen and oxygen atoms in total. The van der Waals surface area contributed by atoms with Crippen molar-refractivity contribution in [1.29, 1.82) is 0 Å². The van der Waals surface area contributed by atoms with Crippen molar-refractivity contribution < 1.29 is 4.42 Å². The quantitative estimate of drug-likeness (QED) is 0.754. The highest BCUT2D eigenvalue weighted by molar-refractivity contribution is 5.85. The lowest BCUT2D eigenvalue weighted by Crippen LogP contribution is -2.45. The first-order valence-electron chi connectivity index (χ1n) is 6.28. The summed E-state index contributed by atoms with van der Waals surface area (Å²) in [7, 11) is 2.13. The monoisotopic (exact) mass is 283 g/mol. The third kappa shape index (κ3) is 2.77. The minimum absolute atomic E-state index is 0. The first-order valence-corrected chi connectivity index (χ1v) is 6.28. The Labute approximate surface area is 117 Å². The van der Waals surface area contributed by atoms with E-state index in [9.17, 15) is 4.79 Å². The van der Waals surface area contributed by atoms with E-state index in [2.05, 4.69) is 34.0 Å². The number of oxazole rings is 1. The maximum absolute atomic E-state index is 11.3. The second-order valence-corrected chi connectivity index (χ2v) is 4.78. The molecule has 1 aliphatic heterocycles. The molecule has 0 aromatic carbocycles. The molecule has 1 saturated heterocycles. The van der Waals surface area contributed by atoms with Crippen LogP contribution in [0, 0.1) is 0 Å². The minimum atomic E-state index is -0.377. The maximum Gasteiger partial charge on any atom is 0.417 e. The second kappa shape index (κ2) is 5.67. The molecule has 0 amide bonds. The number of nitrogens with zero attached hydrogens (tertiary/aromatic N) is 2. The van der Waals surface area contributed by atoms with Gasteiger partial charge < -0.3 is 14.2 Å². The van der Waals surface area contributed by atoms with Crippen LogP contribution in [0.25, 0.3) is 11.8 Å². The van der Waals surface area contributed by atoms with E-state index < -0.39 is 0 Å². The van der Waals surface area contributed by atoms with Crippen LogP contribution in [0.1, 0.15) is 6.42 Å². The predicted octanol–water partition coefficient (Wildman–Crippen LogP) is -0.514. The van der Waals surface area contributed by atoms with E-state index in [4.69, 9.17) is 4.42 Å². The normalized spacial score (nSPS) is 19.4. The van der Waals surface area contributed by atoms with Gasteiger partial charge in [-0.3, -0.25) is 4.98 Å². The Kier molecular flexibility index (Phi) is 4.17. The molecule has 1 N–H and O–H groups in total. The number of aromatic nitrogens is 1. The first kappa shape index (κ1) is 14.0. The summed E-state index contributed by atoms with van der Waals surface area (Å²) < 4.78 is 5.29. The number of nitrogens with one attached hydrogen (secondary N) is 1. The zero-order valence-corrected chi connectivity index (χ0v) is 11.7. The Hall–Kier alpha value is -1.46. The van der Waals surface area contributed by atoms with E-state index in [1.54, 1.807) is 0 Å². The Morgan fingerprint density at radius 3 is 2.74 bits per heavy atom. The Bertz CT molecular complexity index is 636. The van der Waals surface area contributed by atoms with Gasteiger partial charge in [-0.05, 0) is 19.5 Å². The van der Waals surface area contributed by atoms with Gasteiger partial charge in [-0.15, -0.1) is 12.4 Å².